The van der Waals surface area contributed by atoms with Crippen LogP contribution in [0.5, 0.6) is 0 Å². The van der Waals surface area contributed by atoms with Crippen LogP contribution in [0.4, 0.5) is 5.95 Å². The van der Waals surface area contributed by atoms with Gasteiger partial charge in [0, 0.05) is 31.0 Å². The molecule has 0 aliphatic rings. The lowest BCUT2D eigenvalue weighted by molar-refractivity contribution is 0.859. The van der Waals surface area contributed by atoms with Gasteiger partial charge in [-0.25, -0.2) is 9.97 Å². The lowest BCUT2D eigenvalue weighted by Gasteiger charge is -2.17. The van der Waals surface area contributed by atoms with Crippen molar-refractivity contribution in [2.24, 2.45) is 5.73 Å². The minimum absolute atomic E-state index is 0.413. The Bertz CT molecular complexity index is 598. The zero-order valence-electron chi connectivity index (χ0n) is 11.0. The first-order valence-corrected chi connectivity index (χ1v) is 6.36. The van der Waals surface area contributed by atoms with Crippen LogP contribution in [0.3, 0.4) is 0 Å². The Balaban J connectivity index is 2.17. The Labute approximate surface area is 118 Å². The van der Waals surface area contributed by atoms with Gasteiger partial charge in [0.25, 0.3) is 0 Å². The third-order valence-corrected chi connectivity index (χ3v) is 2.99. The third kappa shape index (κ3) is 3.48. The number of hydrogen-bond acceptors (Lipinski definition) is 4. The summed E-state index contributed by atoms with van der Waals surface area (Å²) in [5.74, 6) is 0.709. The van der Waals surface area contributed by atoms with Gasteiger partial charge in [0.1, 0.15) is 4.99 Å². The van der Waals surface area contributed by atoms with Crippen LogP contribution in [0.25, 0.3) is 0 Å². The molecule has 0 aliphatic carbocycles. The molecule has 2 rings (SSSR count). The van der Waals surface area contributed by atoms with Crippen LogP contribution < -0.4 is 10.6 Å². The summed E-state index contributed by atoms with van der Waals surface area (Å²) >= 11 is 4.99. The lowest BCUT2D eigenvalue weighted by atomic mass is 10.1. The molecule has 2 N–H and O–H groups in total. The van der Waals surface area contributed by atoms with E-state index in [-0.39, 0.29) is 0 Å². The van der Waals surface area contributed by atoms with Crippen molar-refractivity contribution in [1.29, 1.82) is 0 Å². The highest BCUT2D eigenvalue weighted by atomic mass is 32.1. The van der Waals surface area contributed by atoms with Crippen LogP contribution in [0.15, 0.2) is 36.5 Å². The summed E-state index contributed by atoms with van der Waals surface area (Å²) < 4.78 is 0. The number of aromatic nitrogens is 2. The lowest BCUT2D eigenvalue weighted by Crippen LogP contribution is -2.19. The fraction of sp³-hybridized carbons (Fsp3) is 0.214. The normalized spacial score (nSPS) is 10.2. The number of thiocarbonyl (C=S) groups is 1. The molecule has 0 aliphatic heterocycles. The second-order valence-electron chi connectivity index (χ2n) is 4.42. The molecule has 0 amide bonds. The quantitative estimate of drug-likeness (QED) is 0.863. The number of rotatable bonds is 4. The molecule has 0 saturated heterocycles. The molecule has 98 valence electrons. The Hall–Kier alpha value is -2.01. The highest BCUT2D eigenvalue weighted by Crippen LogP contribution is 2.12. The second kappa shape index (κ2) is 5.75. The van der Waals surface area contributed by atoms with Crippen molar-refractivity contribution in [3.8, 4) is 0 Å². The summed E-state index contributed by atoms with van der Waals surface area (Å²) in [5, 5.41) is 0. The number of aryl methyl sites for hydroxylation is 1. The van der Waals surface area contributed by atoms with Crippen LogP contribution in [-0.4, -0.2) is 22.0 Å². The van der Waals surface area contributed by atoms with Crippen molar-refractivity contribution in [3.05, 3.63) is 53.3 Å². The molecule has 0 spiro atoms. The van der Waals surface area contributed by atoms with Gasteiger partial charge in [0.15, 0.2) is 0 Å². The molecular formula is C14H16N4S. The van der Waals surface area contributed by atoms with Crippen molar-refractivity contribution < 1.29 is 0 Å². The average Bonchev–Trinajstić information content (AvgIpc) is 2.39. The minimum atomic E-state index is 0.413. The summed E-state index contributed by atoms with van der Waals surface area (Å²) in [5.41, 5.74) is 8.59. The van der Waals surface area contributed by atoms with Crippen LogP contribution >= 0.6 is 12.2 Å². The van der Waals surface area contributed by atoms with Gasteiger partial charge in [-0.1, -0.05) is 30.4 Å². The van der Waals surface area contributed by atoms with Crippen molar-refractivity contribution in [1.82, 2.24) is 9.97 Å². The number of anilines is 1. The minimum Gasteiger partial charge on any atom is -0.389 e. The van der Waals surface area contributed by atoms with E-state index < -0.39 is 0 Å². The van der Waals surface area contributed by atoms with E-state index in [0.29, 0.717) is 17.5 Å². The number of nitrogens with two attached hydrogens (primary N) is 1. The zero-order chi connectivity index (χ0) is 13.8. The molecule has 5 heteroatoms. The van der Waals surface area contributed by atoms with E-state index in [1.807, 2.05) is 49.2 Å². The van der Waals surface area contributed by atoms with Gasteiger partial charge in [0.2, 0.25) is 5.95 Å². The summed E-state index contributed by atoms with van der Waals surface area (Å²) in [7, 11) is 1.96. The SMILES string of the molecule is Cc1ccnc(N(C)Cc2cccc(C(N)=S)c2)n1. The van der Waals surface area contributed by atoms with E-state index >= 15 is 0 Å². The highest BCUT2D eigenvalue weighted by Gasteiger charge is 2.06. The molecule has 0 unspecified atom stereocenters. The van der Waals surface area contributed by atoms with Crippen LogP contribution in [0, 0.1) is 6.92 Å². The first kappa shape index (κ1) is 13.4. The summed E-state index contributed by atoms with van der Waals surface area (Å²) in [4.78, 5) is 11.1. The first-order chi connectivity index (χ1) is 9.06. The molecule has 0 saturated carbocycles. The maximum absolute atomic E-state index is 5.64. The Morgan fingerprint density at radius 3 is 2.84 bits per heavy atom. The van der Waals surface area contributed by atoms with E-state index in [0.717, 1.165) is 16.8 Å². The molecular weight excluding hydrogens is 256 g/mol. The Morgan fingerprint density at radius 1 is 1.37 bits per heavy atom. The average molecular weight is 272 g/mol. The maximum atomic E-state index is 5.64. The smallest absolute Gasteiger partial charge is 0.225 e. The van der Waals surface area contributed by atoms with Crippen molar-refractivity contribution >= 4 is 23.2 Å². The molecule has 2 aromatic rings. The van der Waals surface area contributed by atoms with E-state index in [1.54, 1.807) is 6.20 Å². The number of nitrogens with zero attached hydrogens (tertiary/aromatic N) is 3. The fourth-order valence-corrected chi connectivity index (χ4v) is 1.91. The third-order valence-electron chi connectivity index (χ3n) is 2.75. The van der Waals surface area contributed by atoms with E-state index in [4.69, 9.17) is 18.0 Å². The standard InChI is InChI=1S/C14H16N4S/c1-10-6-7-16-14(17-10)18(2)9-11-4-3-5-12(8-11)13(15)19/h3-8H,9H2,1-2H3,(H2,15,19). The van der Waals surface area contributed by atoms with Crippen LogP contribution in [0.2, 0.25) is 0 Å². The number of hydrogen-bond donors (Lipinski definition) is 1. The summed E-state index contributed by atoms with van der Waals surface area (Å²) in [6.07, 6.45) is 1.76. The second-order valence-corrected chi connectivity index (χ2v) is 4.86. The molecule has 0 fully saturated rings. The highest BCUT2D eigenvalue weighted by molar-refractivity contribution is 7.80. The van der Waals surface area contributed by atoms with Crippen molar-refractivity contribution in [2.75, 3.05) is 11.9 Å². The Kier molecular flexibility index (Phi) is 4.06. The molecule has 19 heavy (non-hydrogen) atoms. The molecule has 0 atom stereocenters. The van der Waals surface area contributed by atoms with Gasteiger partial charge in [-0.15, -0.1) is 0 Å². The van der Waals surface area contributed by atoms with Gasteiger partial charge < -0.3 is 10.6 Å². The summed E-state index contributed by atoms with van der Waals surface area (Å²) in [6, 6.07) is 9.78. The van der Waals surface area contributed by atoms with Gasteiger partial charge in [0.05, 0.1) is 0 Å². The van der Waals surface area contributed by atoms with Crippen molar-refractivity contribution in [3.63, 3.8) is 0 Å². The van der Waals surface area contributed by atoms with E-state index in [2.05, 4.69) is 9.97 Å². The van der Waals surface area contributed by atoms with E-state index in [9.17, 15) is 0 Å². The molecule has 1 heterocycles. The fourth-order valence-electron chi connectivity index (χ4n) is 1.79. The molecule has 4 nitrogen and oxygen atoms in total. The zero-order valence-corrected chi connectivity index (χ0v) is 11.8. The molecule has 0 radical (unpaired) electrons. The van der Waals surface area contributed by atoms with E-state index in [1.165, 1.54) is 0 Å². The largest absolute Gasteiger partial charge is 0.389 e. The van der Waals surface area contributed by atoms with Crippen LogP contribution in [0.1, 0.15) is 16.8 Å². The molecule has 1 aromatic carbocycles. The number of benzene rings is 1. The topological polar surface area (TPSA) is 55.0 Å². The predicted molar refractivity (Wildman–Crippen MR) is 81.2 cm³/mol. The van der Waals surface area contributed by atoms with Gasteiger partial charge in [-0.3, -0.25) is 0 Å². The van der Waals surface area contributed by atoms with Gasteiger partial charge >= 0.3 is 0 Å². The summed E-state index contributed by atoms with van der Waals surface area (Å²) in [6.45, 7) is 2.66. The monoisotopic (exact) mass is 272 g/mol. The maximum Gasteiger partial charge on any atom is 0.225 e. The molecule has 0 bridgehead atoms. The van der Waals surface area contributed by atoms with Gasteiger partial charge in [-0.2, -0.15) is 0 Å². The van der Waals surface area contributed by atoms with Crippen molar-refractivity contribution in [2.45, 2.75) is 13.5 Å². The first-order valence-electron chi connectivity index (χ1n) is 5.96. The predicted octanol–water partition coefficient (Wildman–Crippen LogP) is 2.06. The molecule has 1 aromatic heterocycles. The van der Waals surface area contributed by atoms with Gasteiger partial charge in [-0.05, 0) is 24.6 Å². The van der Waals surface area contributed by atoms with Crippen LogP contribution in [-0.2, 0) is 6.54 Å². The Morgan fingerprint density at radius 2 is 2.16 bits per heavy atom.